The maximum Gasteiger partial charge on any atom is 0.260 e. The van der Waals surface area contributed by atoms with Crippen molar-refractivity contribution in [1.82, 2.24) is 9.80 Å². The van der Waals surface area contributed by atoms with Gasteiger partial charge in [0.2, 0.25) is 0 Å². The fraction of sp³-hybridized carbons (Fsp3) is 0.417. The van der Waals surface area contributed by atoms with Gasteiger partial charge in [0.1, 0.15) is 5.82 Å². The van der Waals surface area contributed by atoms with E-state index in [1.165, 1.54) is 12.1 Å². The molecule has 1 heterocycles. The number of hydrogen-bond acceptors (Lipinski definition) is 4. The lowest BCUT2D eigenvalue weighted by Crippen LogP contribution is -2.58. The zero-order valence-electron chi connectivity index (χ0n) is 18.4. The molecular weight excluding hydrogens is 421 g/mol. The van der Waals surface area contributed by atoms with Gasteiger partial charge in [0, 0.05) is 43.7 Å². The van der Waals surface area contributed by atoms with E-state index in [9.17, 15) is 22.8 Å². The van der Waals surface area contributed by atoms with Crippen LogP contribution in [0.5, 0.6) is 5.75 Å². The monoisotopic (exact) mass is 448 g/mol. The summed E-state index contributed by atoms with van der Waals surface area (Å²) < 4.78 is 46.8. The van der Waals surface area contributed by atoms with E-state index in [-0.39, 0.29) is 41.6 Å². The normalized spacial score (nSPS) is 19.1. The highest BCUT2D eigenvalue weighted by atomic mass is 19.1. The first-order valence-corrected chi connectivity index (χ1v) is 10.6. The maximum atomic E-state index is 14.2. The van der Waals surface area contributed by atoms with Gasteiger partial charge < -0.3 is 9.64 Å². The molecule has 8 heteroatoms. The predicted octanol–water partition coefficient (Wildman–Crippen LogP) is 4.20. The summed E-state index contributed by atoms with van der Waals surface area (Å²) in [6, 6.07) is 8.06. The zero-order valence-corrected chi connectivity index (χ0v) is 18.4. The van der Waals surface area contributed by atoms with Crippen molar-refractivity contribution in [3.63, 3.8) is 0 Å². The van der Waals surface area contributed by atoms with Crippen molar-refractivity contribution < 1.29 is 27.5 Å². The lowest BCUT2D eigenvalue weighted by Gasteiger charge is -2.44. The Morgan fingerprint density at radius 1 is 1.00 bits per heavy atom. The molecule has 2 unspecified atom stereocenters. The first-order valence-electron chi connectivity index (χ1n) is 10.6. The minimum Gasteiger partial charge on any atom is -0.478 e. The standard InChI is InChI=1S/C24H27F3N2O3/c1-4-22(30)18-9-20(26)24(21(27)10-18)32-14-23(31)29-12-15(2)28(11-16(29)3)13-17-5-7-19(25)8-6-17/h5-10,15-16H,4,11-14H2,1-3H3. The molecule has 3 rings (SSSR count). The van der Waals surface area contributed by atoms with Crippen molar-refractivity contribution in [3.8, 4) is 5.75 Å². The van der Waals surface area contributed by atoms with Crippen molar-refractivity contribution in [2.24, 2.45) is 0 Å². The van der Waals surface area contributed by atoms with Crippen LogP contribution in [-0.2, 0) is 11.3 Å². The molecule has 0 radical (unpaired) electrons. The number of ether oxygens (including phenoxy) is 1. The molecule has 0 spiro atoms. The average Bonchev–Trinajstić information content (AvgIpc) is 2.76. The number of hydrogen-bond donors (Lipinski definition) is 0. The van der Waals surface area contributed by atoms with Crippen LogP contribution in [-0.4, -0.2) is 53.3 Å². The summed E-state index contributed by atoms with van der Waals surface area (Å²) in [5, 5.41) is 0. The quantitative estimate of drug-likeness (QED) is 0.596. The summed E-state index contributed by atoms with van der Waals surface area (Å²) in [6.45, 7) is 6.63. The Kier molecular flexibility index (Phi) is 7.56. The van der Waals surface area contributed by atoms with Gasteiger partial charge >= 0.3 is 0 Å². The fourth-order valence-corrected chi connectivity index (χ4v) is 3.87. The second kappa shape index (κ2) is 10.2. The first kappa shape index (κ1) is 23.8. The van der Waals surface area contributed by atoms with E-state index in [1.807, 2.05) is 13.8 Å². The Bertz CT molecular complexity index is 958. The van der Waals surface area contributed by atoms with E-state index in [2.05, 4.69) is 4.90 Å². The molecule has 0 aromatic heterocycles. The molecular formula is C24H27F3N2O3. The van der Waals surface area contributed by atoms with Crippen LogP contribution in [0.2, 0.25) is 0 Å². The van der Waals surface area contributed by atoms with Crippen LogP contribution in [0.3, 0.4) is 0 Å². The van der Waals surface area contributed by atoms with Crippen molar-refractivity contribution in [2.75, 3.05) is 19.7 Å². The number of nitrogens with zero attached hydrogens (tertiary/aromatic N) is 2. The molecule has 1 amide bonds. The van der Waals surface area contributed by atoms with Crippen LogP contribution < -0.4 is 4.74 Å². The lowest BCUT2D eigenvalue weighted by atomic mass is 10.1. The topological polar surface area (TPSA) is 49.9 Å². The molecule has 2 aromatic rings. The van der Waals surface area contributed by atoms with Crippen LogP contribution >= 0.6 is 0 Å². The number of halogens is 3. The molecule has 1 saturated heterocycles. The SMILES string of the molecule is CCC(=O)c1cc(F)c(OCC(=O)N2CC(C)N(Cc3ccc(F)cc3)CC2C)c(F)c1. The molecule has 1 aliphatic heterocycles. The van der Waals surface area contributed by atoms with E-state index in [0.29, 0.717) is 19.6 Å². The van der Waals surface area contributed by atoms with Crippen molar-refractivity contribution in [1.29, 1.82) is 0 Å². The van der Waals surface area contributed by atoms with Gasteiger partial charge in [-0.2, -0.15) is 0 Å². The highest BCUT2D eigenvalue weighted by Gasteiger charge is 2.32. The van der Waals surface area contributed by atoms with Gasteiger partial charge in [0.15, 0.2) is 29.8 Å². The molecule has 32 heavy (non-hydrogen) atoms. The number of carbonyl (C=O) groups is 2. The molecule has 0 N–H and O–H groups in total. The summed E-state index contributed by atoms with van der Waals surface area (Å²) in [7, 11) is 0. The predicted molar refractivity (Wildman–Crippen MR) is 114 cm³/mol. The van der Waals surface area contributed by atoms with Crippen LogP contribution in [0, 0.1) is 17.5 Å². The van der Waals surface area contributed by atoms with Gasteiger partial charge in [0.05, 0.1) is 0 Å². The van der Waals surface area contributed by atoms with Gasteiger partial charge in [0.25, 0.3) is 5.91 Å². The zero-order chi connectivity index (χ0) is 23.4. The van der Waals surface area contributed by atoms with E-state index >= 15 is 0 Å². The summed E-state index contributed by atoms with van der Waals surface area (Å²) in [5.74, 6) is -3.74. The number of carbonyl (C=O) groups excluding carboxylic acids is 2. The number of benzene rings is 2. The third kappa shape index (κ3) is 5.48. The minimum atomic E-state index is -1.01. The third-order valence-corrected chi connectivity index (χ3v) is 5.72. The van der Waals surface area contributed by atoms with Crippen LogP contribution in [0.1, 0.15) is 43.1 Å². The minimum absolute atomic E-state index is 0.0352. The number of amides is 1. The Balaban J connectivity index is 1.60. The molecule has 0 saturated carbocycles. The van der Waals surface area contributed by atoms with Gasteiger partial charge in [-0.15, -0.1) is 0 Å². The van der Waals surface area contributed by atoms with E-state index in [1.54, 1.807) is 24.0 Å². The highest BCUT2D eigenvalue weighted by Crippen LogP contribution is 2.25. The number of ketones is 1. The number of rotatable bonds is 7. The Labute approximate surface area is 185 Å². The fourth-order valence-electron chi connectivity index (χ4n) is 3.87. The molecule has 2 atom stereocenters. The number of Topliss-reactive ketones (excluding diaryl/α,β-unsaturated/α-hetero) is 1. The van der Waals surface area contributed by atoms with E-state index in [0.717, 1.165) is 17.7 Å². The Hall–Kier alpha value is -2.87. The van der Waals surface area contributed by atoms with E-state index in [4.69, 9.17) is 4.74 Å². The Morgan fingerprint density at radius 3 is 2.22 bits per heavy atom. The molecule has 0 aliphatic carbocycles. The maximum absolute atomic E-state index is 14.2. The second-order valence-corrected chi connectivity index (χ2v) is 8.13. The summed E-state index contributed by atoms with van der Waals surface area (Å²) in [4.78, 5) is 28.2. The smallest absolute Gasteiger partial charge is 0.260 e. The van der Waals surface area contributed by atoms with Crippen molar-refractivity contribution >= 4 is 11.7 Å². The van der Waals surface area contributed by atoms with Crippen LogP contribution in [0.4, 0.5) is 13.2 Å². The summed E-state index contributed by atoms with van der Waals surface area (Å²) in [6.07, 6.45) is 0.126. The molecule has 1 aliphatic rings. The summed E-state index contributed by atoms with van der Waals surface area (Å²) in [5.41, 5.74) is 0.908. The largest absolute Gasteiger partial charge is 0.478 e. The molecule has 172 valence electrons. The average molecular weight is 448 g/mol. The first-order chi connectivity index (χ1) is 15.2. The van der Waals surface area contributed by atoms with Crippen LogP contribution in [0.15, 0.2) is 36.4 Å². The molecule has 1 fully saturated rings. The van der Waals surface area contributed by atoms with E-state index < -0.39 is 24.0 Å². The molecule has 5 nitrogen and oxygen atoms in total. The summed E-state index contributed by atoms with van der Waals surface area (Å²) >= 11 is 0. The highest BCUT2D eigenvalue weighted by molar-refractivity contribution is 5.96. The van der Waals surface area contributed by atoms with Crippen molar-refractivity contribution in [3.05, 3.63) is 65.0 Å². The van der Waals surface area contributed by atoms with Gasteiger partial charge in [-0.1, -0.05) is 19.1 Å². The van der Waals surface area contributed by atoms with Gasteiger partial charge in [-0.25, -0.2) is 13.2 Å². The lowest BCUT2D eigenvalue weighted by molar-refractivity contribution is -0.139. The second-order valence-electron chi connectivity index (χ2n) is 8.13. The van der Waals surface area contributed by atoms with Crippen molar-refractivity contribution in [2.45, 2.75) is 45.8 Å². The van der Waals surface area contributed by atoms with Crippen LogP contribution in [0.25, 0.3) is 0 Å². The van der Waals surface area contributed by atoms with Gasteiger partial charge in [-0.05, 0) is 43.7 Å². The Morgan fingerprint density at radius 2 is 1.62 bits per heavy atom. The molecule has 2 aromatic carbocycles. The molecule has 0 bridgehead atoms. The number of piperazine rings is 1. The third-order valence-electron chi connectivity index (χ3n) is 5.72. The van der Waals surface area contributed by atoms with Gasteiger partial charge in [-0.3, -0.25) is 14.5 Å².